The van der Waals surface area contributed by atoms with Gasteiger partial charge in [0.1, 0.15) is 5.75 Å². The molecule has 3 aromatic rings. The van der Waals surface area contributed by atoms with Crippen molar-refractivity contribution in [3.63, 3.8) is 0 Å². The fourth-order valence-corrected chi connectivity index (χ4v) is 3.92. The average molecular weight is 484 g/mol. The zero-order valence-electron chi connectivity index (χ0n) is 15.0. The number of thioether (sulfide) groups is 1. The van der Waals surface area contributed by atoms with Crippen molar-refractivity contribution in [1.29, 1.82) is 5.26 Å². The van der Waals surface area contributed by atoms with E-state index in [9.17, 15) is 18.0 Å². The van der Waals surface area contributed by atoms with Crippen LogP contribution < -0.4 is 10.3 Å². The van der Waals surface area contributed by atoms with Gasteiger partial charge in [0, 0.05) is 4.90 Å². The summed E-state index contributed by atoms with van der Waals surface area (Å²) in [7, 11) is 0. The number of hydrogen-bond donors (Lipinski definition) is 0. The van der Waals surface area contributed by atoms with Crippen molar-refractivity contribution in [2.75, 3.05) is 5.75 Å². The van der Waals surface area contributed by atoms with Gasteiger partial charge in [0.15, 0.2) is 0 Å². The van der Waals surface area contributed by atoms with Crippen LogP contribution in [0.15, 0.2) is 50.8 Å². The van der Waals surface area contributed by atoms with Gasteiger partial charge in [-0.3, -0.25) is 9.36 Å². The molecule has 0 saturated carbocycles. The van der Waals surface area contributed by atoms with Crippen molar-refractivity contribution >= 4 is 38.6 Å². The van der Waals surface area contributed by atoms with E-state index < -0.39 is 17.7 Å². The van der Waals surface area contributed by atoms with E-state index in [4.69, 9.17) is 5.26 Å². The summed E-state index contributed by atoms with van der Waals surface area (Å²) in [5.41, 5.74) is 0.931. The summed E-state index contributed by atoms with van der Waals surface area (Å²) in [6, 6.07) is 9.58. The Bertz CT molecular complexity index is 1170. The molecule has 0 saturated heterocycles. The number of alkyl halides is 3. The number of halogens is 4. The van der Waals surface area contributed by atoms with Crippen LogP contribution >= 0.6 is 27.7 Å². The molecule has 0 atom stereocenters. The monoisotopic (exact) mass is 483 g/mol. The van der Waals surface area contributed by atoms with Gasteiger partial charge >= 0.3 is 6.36 Å². The van der Waals surface area contributed by atoms with Crippen molar-refractivity contribution in [3.05, 3.63) is 62.6 Å². The molecule has 0 bridgehead atoms. The highest BCUT2D eigenvalue weighted by Gasteiger charge is 2.32. The van der Waals surface area contributed by atoms with Crippen molar-refractivity contribution in [1.82, 2.24) is 9.55 Å². The fraction of sp³-hybridized carbons (Fsp3) is 0.211. The lowest BCUT2D eigenvalue weighted by Crippen LogP contribution is -2.22. The molecule has 29 heavy (non-hydrogen) atoms. The average Bonchev–Trinajstić information content (AvgIpc) is 2.65. The Hall–Kier alpha value is -2.51. The lowest BCUT2D eigenvalue weighted by Gasteiger charge is -2.13. The van der Waals surface area contributed by atoms with Crippen molar-refractivity contribution in [3.8, 4) is 11.8 Å². The van der Waals surface area contributed by atoms with Crippen LogP contribution in [0.2, 0.25) is 0 Å². The first-order chi connectivity index (χ1) is 13.7. The normalized spacial score (nSPS) is 11.4. The Balaban J connectivity index is 2.08. The highest BCUT2D eigenvalue weighted by molar-refractivity contribution is 9.10. The zero-order valence-corrected chi connectivity index (χ0v) is 17.4. The number of fused-ring (bicyclic) bond motifs is 1. The summed E-state index contributed by atoms with van der Waals surface area (Å²) < 4.78 is 43.1. The van der Waals surface area contributed by atoms with Gasteiger partial charge < -0.3 is 4.74 Å². The van der Waals surface area contributed by atoms with Crippen LogP contribution in [0.3, 0.4) is 0 Å². The molecule has 0 unspecified atom stereocenters. The SMILES string of the molecule is CCSc1ccc(C#N)cc1Cn1cnc2cc(Br)c(OC(F)(F)F)cc2c1=O. The molecule has 2 aromatic carbocycles. The number of rotatable bonds is 5. The molecule has 0 aliphatic carbocycles. The highest BCUT2D eigenvalue weighted by atomic mass is 79.9. The number of hydrogen-bond acceptors (Lipinski definition) is 5. The lowest BCUT2D eigenvalue weighted by atomic mass is 10.1. The van der Waals surface area contributed by atoms with E-state index in [-0.39, 0.29) is 21.9 Å². The Morgan fingerprint density at radius 1 is 1.31 bits per heavy atom. The number of ether oxygens (including phenoxy) is 1. The largest absolute Gasteiger partial charge is 0.573 e. The minimum absolute atomic E-state index is 0.00363. The van der Waals surface area contributed by atoms with Crippen LogP contribution in [0.4, 0.5) is 13.2 Å². The summed E-state index contributed by atoms with van der Waals surface area (Å²) in [6.45, 7) is 2.11. The summed E-state index contributed by atoms with van der Waals surface area (Å²) in [4.78, 5) is 18.0. The number of nitriles is 1. The standard InChI is InChI=1S/C19H13BrF3N3O2S/c1-2-29-17-4-3-11(8-24)5-12(17)9-26-10-25-15-7-14(20)16(28-19(21,22)23)6-13(15)18(26)27/h3-7,10H,2,9H2,1H3. The summed E-state index contributed by atoms with van der Waals surface area (Å²) in [5, 5.41) is 9.14. The maximum Gasteiger partial charge on any atom is 0.573 e. The minimum Gasteiger partial charge on any atom is -0.405 e. The summed E-state index contributed by atoms with van der Waals surface area (Å²) >= 11 is 4.57. The van der Waals surface area contributed by atoms with Crippen molar-refractivity contribution in [2.24, 2.45) is 0 Å². The second-order valence-corrected chi connectivity index (χ2v) is 8.05. The second-order valence-electron chi connectivity index (χ2n) is 5.89. The maximum atomic E-state index is 12.9. The zero-order chi connectivity index (χ0) is 21.2. The van der Waals surface area contributed by atoms with Gasteiger partial charge in [-0.25, -0.2) is 4.98 Å². The van der Waals surface area contributed by atoms with Crippen molar-refractivity contribution < 1.29 is 17.9 Å². The molecular formula is C19H13BrF3N3O2S. The molecule has 150 valence electrons. The first-order valence-corrected chi connectivity index (χ1v) is 10.1. The molecule has 1 aromatic heterocycles. The quantitative estimate of drug-likeness (QED) is 0.472. The van der Waals surface area contributed by atoms with Crippen LogP contribution in [-0.2, 0) is 6.54 Å². The highest BCUT2D eigenvalue weighted by Crippen LogP contribution is 2.33. The van der Waals surface area contributed by atoms with Crippen LogP contribution in [0, 0.1) is 11.3 Å². The van der Waals surface area contributed by atoms with E-state index in [1.165, 1.54) is 17.0 Å². The Labute approximate surface area is 176 Å². The Morgan fingerprint density at radius 3 is 2.72 bits per heavy atom. The fourth-order valence-electron chi connectivity index (χ4n) is 2.73. The van der Waals surface area contributed by atoms with Gasteiger partial charge in [-0.15, -0.1) is 24.9 Å². The molecule has 0 spiro atoms. The summed E-state index contributed by atoms with van der Waals surface area (Å²) in [6.07, 6.45) is -3.55. The molecule has 5 nitrogen and oxygen atoms in total. The third-order valence-electron chi connectivity index (χ3n) is 3.93. The van der Waals surface area contributed by atoms with E-state index >= 15 is 0 Å². The Kier molecular flexibility index (Phi) is 6.19. The van der Waals surface area contributed by atoms with Crippen LogP contribution in [0.1, 0.15) is 18.1 Å². The topological polar surface area (TPSA) is 67.9 Å². The molecule has 0 radical (unpaired) electrons. The summed E-state index contributed by atoms with van der Waals surface area (Å²) in [5.74, 6) is 0.283. The van der Waals surface area contributed by atoms with E-state index in [1.807, 2.05) is 13.0 Å². The predicted octanol–water partition coefficient (Wildman–Crippen LogP) is 5.09. The van der Waals surface area contributed by atoms with E-state index in [1.54, 1.807) is 23.9 Å². The van der Waals surface area contributed by atoms with Crippen LogP contribution in [-0.4, -0.2) is 21.7 Å². The molecule has 3 rings (SSSR count). The van der Waals surface area contributed by atoms with Gasteiger partial charge in [-0.05, 0) is 57.6 Å². The van der Waals surface area contributed by atoms with Crippen LogP contribution in [0.5, 0.6) is 5.75 Å². The van der Waals surface area contributed by atoms with Gasteiger partial charge in [0.05, 0.1) is 39.9 Å². The molecule has 10 heteroatoms. The molecular weight excluding hydrogens is 471 g/mol. The van der Waals surface area contributed by atoms with Gasteiger partial charge in [0.25, 0.3) is 5.56 Å². The minimum atomic E-state index is -4.89. The number of aromatic nitrogens is 2. The van der Waals surface area contributed by atoms with Gasteiger partial charge in [0.2, 0.25) is 0 Å². The molecule has 0 aliphatic heterocycles. The van der Waals surface area contributed by atoms with E-state index in [0.717, 1.165) is 22.3 Å². The molecule has 0 amide bonds. The second kappa shape index (κ2) is 8.47. The number of nitrogens with zero attached hydrogens (tertiary/aromatic N) is 3. The maximum absolute atomic E-state index is 12.9. The lowest BCUT2D eigenvalue weighted by molar-refractivity contribution is -0.274. The molecule has 0 fully saturated rings. The molecule has 0 N–H and O–H groups in total. The smallest absolute Gasteiger partial charge is 0.405 e. The molecule has 1 heterocycles. The number of benzene rings is 2. The predicted molar refractivity (Wildman–Crippen MR) is 107 cm³/mol. The third kappa shape index (κ3) is 4.92. The molecule has 0 aliphatic rings. The van der Waals surface area contributed by atoms with Gasteiger partial charge in [-0.1, -0.05) is 6.92 Å². The van der Waals surface area contributed by atoms with Crippen LogP contribution in [0.25, 0.3) is 10.9 Å². The third-order valence-corrected chi connectivity index (χ3v) is 5.55. The van der Waals surface area contributed by atoms with Gasteiger partial charge in [-0.2, -0.15) is 5.26 Å². The van der Waals surface area contributed by atoms with E-state index in [2.05, 4.69) is 31.7 Å². The first-order valence-electron chi connectivity index (χ1n) is 8.32. The van der Waals surface area contributed by atoms with Crippen molar-refractivity contribution in [2.45, 2.75) is 24.7 Å². The first kappa shape index (κ1) is 21.2. The Morgan fingerprint density at radius 2 is 2.07 bits per heavy atom. The van der Waals surface area contributed by atoms with E-state index in [0.29, 0.717) is 5.56 Å².